The van der Waals surface area contributed by atoms with E-state index >= 15 is 0 Å². The summed E-state index contributed by atoms with van der Waals surface area (Å²) in [7, 11) is 0. The van der Waals surface area contributed by atoms with Gasteiger partial charge in [0.15, 0.2) is 0 Å². The van der Waals surface area contributed by atoms with Gasteiger partial charge >= 0.3 is 11.9 Å². The molecule has 1 saturated heterocycles. The minimum Gasteiger partial charge on any atom is -0.478 e. The molecule has 1 rings (SSSR count). The van der Waals surface area contributed by atoms with Gasteiger partial charge in [-0.25, -0.2) is 4.79 Å². The normalized spacial score (nSPS) is 34.7. The summed E-state index contributed by atoms with van der Waals surface area (Å²) in [5.41, 5.74) is -1.30. The Bertz CT molecular complexity index is 248. The number of carbonyl (C=O) groups is 2. The molecular weight excluding hydrogens is 172 g/mol. The van der Waals surface area contributed by atoms with Gasteiger partial charge in [-0.05, 0) is 12.8 Å². The summed E-state index contributed by atoms with van der Waals surface area (Å²) in [6, 6.07) is 0. The molecule has 1 fully saturated rings. The van der Waals surface area contributed by atoms with Gasteiger partial charge < -0.3 is 9.84 Å². The van der Waals surface area contributed by atoms with Crippen LogP contribution >= 0.6 is 0 Å². The molecule has 1 N–H and O–H groups in total. The predicted octanol–water partition coefficient (Wildman–Crippen LogP) is 1.05. The largest absolute Gasteiger partial charge is 0.478 e. The summed E-state index contributed by atoms with van der Waals surface area (Å²) >= 11 is 0. The van der Waals surface area contributed by atoms with Crippen molar-refractivity contribution < 1.29 is 19.4 Å². The van der Waals surface area contributed by atoms with Crippen LogP contribution < -0.4 is 0 Å². The van der Waals surface area contributed by atoms with Crippen molar-refractivity contribution in [1.82, 2.24) is 0 Å². The first kappa shape index (κ1) is 10.0. The molecule has 3 atom stereocenters. The molecule has 0 bridgehead atoms. The summed E-state index contributed by atoms with van der Waals surface area (Å²) in [6.07, 6.45) is 0.780. The molecule has 4 nitrogen and oxygen atoms in total. The minimum absolute atomic E-state index is 0.0577. The molecule has 0 aromatic carbocycles. The second kappa shape index (κ2) is 3.01. The lowest BCUT2D eigenvalue weighted by Crippen LogP contribution is -2.62. The van der Waals surface area contributed by atoms with E-state index in [1.54, 1.807) is 0 Å². The number of carboxylic acids is 1. The summed E-state index contributed by atoms with van der Waals surface area (Å²) in [5.74, 6) is -1.88. The van der Waals surface area contributed by atoms with Gasteiger partial charge in [-0.2, -0.15) is 0 Å². The van der Waals surface area contributed by atoms with E-state index in [4.69, 9.17) is 5.11 Å². The second-order valence-corrected chi connectivity index (χ2v) is 3.70. The third kappa shape index (κ3) is 1.30. The number of rotatable bonds is 3. The standard InChI is InChI=1S/C9H14O4/c1-4-5(2)6-7(10)13-9(6,3)8(11)12/h5-6H,4H2,1-3H3,(H,11,12)/t5-,6-,9-/m0/s1. The van der Waals surface area contributed by atoms with Crippen LogP contribution in [0.2, 0.25) is 0 Å². The molecule has 4 heteroatoms. The molecule has 0 aromatic rings. The van der Waals surface area contributed by atoms with Gasteiger partial charge in [-0.15, -0.1) is 0 Å². The van der Waals surface area contributed by atoms with Gasteiger partial charge in [0.25, 0.3) is 0 Å². The van der Waals surface area contributed by atoms with Gasteiger partial charge in [0.05, 0.1) is 0 Å². The average Bonchev–Trinajstić information content (AvgIpc) is 2.02. The maximum atomic E-state index is 11.1. The molecule has 0 saturated carbocycles. The van der Waals surface area contributed by atoms with Crippen LogP contribution in [-0.4, -0.2) is 22.6 Å². The maximum Gasteiger partial charge on any atom is 0.348 e. The Balaban J connectivity index is 2.82. The summed E-state index contributed by atoms with van der Waals surface area (Å²) in [5, 5.41) is 8.85. The zero-order chi connectivity index (χ0) is 10.2. The van der Waals surface area contributed by atoms with Crippen molar-refractivity contribution in [3.05, 3.63) is 0 Å². The van der Waals surface area contributed by atoms with Gasteiger partial charge in [0, 0.05) is 0 Å². The SMILES string of the molecule is CC[C@H](C)[C@H]1C(=O)O[C@]1(C)C(=O)O. The van der Waals surface area contributed by atoms with Crippen LogP contribution in [0.5, 0.6) is 0 Å². The van der Waals surface area contributed by atoms with Crippen molar-refractivity contribution in [3.63, 3.8) is 0 Å². The fourth-order valence-corrected chi connectivity index (χ4v) is 1.69. The topological polar surface area (TPSA) is 63.6 Å². The van der Waals surface area contributed by atoms with Crippen LogP contribution in [0.25, 0.3) is 0 Å². The summed E-state index contributed by atoms with van der Waals surface area (Å²) in [6.45, 7) is 5.25. The van der Waals surface area contributed by atoms with Gasteiger partial charge in [-0.3, -0.25) is 4.79 Å². The minimum atomic E-state index is -1.30. The van der Waals surface area contributed by atoms with E-state index in [0.717, 1.165) is 6.42 Å². The number of ether oxygens (including phenoxy) is 1. The Morgan fingerprint density at radius 3 is 2.62 bits per heavy atom. The Kier molecular flexibility index (Phi) is 2.32. The first-order valence-corrected chi connectivity index (χ1v) is 4.39. The van der Waals surface area contributed by atoms with Crippen molar-refractivity contribution in [3.8, 4) is 0 Å². The van der Waals surface area contributed by atoms with Crippen LogP contribution in [0.1, 0.15) is 27.2 Å². The number of hydrogen-bond acceptors (Lipinski definition) is 3. The highest BCUT2D eigenvalue weighted by Crippen LogP contribution is 2.40. The van der Waals surface area contributed by atoms with E-state index in [0.29, 0.717) is 0 Å². The number of hydrogen-bond donors (Lipinski definition) is 1. The molecule has 0 aliphatic carbocycles. The van der Waals surface area contributed by atoms with Gasteiger partial charge in [-0.1, -0.05) is 20.3 Å². The summed E-state index contributed by atoms with van der Waals surface area (Å²) in [4.78, 5) is 21.9. The highest BCUT2D eigenvalue weighted by molar-refractivity contribution is 5.94. The Hall–Kier alpha value is -1.06. The lowest BCUT2D eigenvalue weighted by molar-refractivity contribution is -0.224. The predicted molar refractivity (Wildman–Crippen MR) is 45.1 cm³/mol. The van der Waals surface area contributed by atoms with E-state index in [-0.39, 0.29) is 11.9 Å². The Labute approximate surface area is 76.9 Å². The number of carbonyl (C=O) groups excluding carboxylic acids is 1. The monoisotopic (exact) mass is 186 g/mol. The van der Waals surface area contributed by atoms with E-state index in [2.05, 4.69) is 4.74 Å². The molecule has 0 aromatic heterocycles. The first-order chi connectivity index (χ1) is 5.93. The van der Waals surface area contributed by atoms with Crippen molar-refractivity contribution >= 4 is 11.9 Å². The maximum absolute atomic E-state index is 11.1. The lowest BCUT2D eigenvalue weighted by atomic mass is 9.74. The smallest absolute Gasteiger partial charge is 0.348 e. The molecular formula is C9H14O4. The van der Waals surface area contributed by atoms with Crippen LogP contribution in [0.4, 0.5) is 0 Å². The molecule has 1 aliphatic rings. The number of carboxylic acid groups (broad SMARTS) is 1. The molecule has 13 heavy (non-hydrogen) atoms. The van der Waals surface area contributed by atoms with Gasteiger partial charge in [0.1, 0.15) is 5.92 Å². The zero-order valence-corrected chi connectivity index (χ0v) is 8.03. The third-order valence-electron chi connectivity index (χ3n) is 2.80. The third-order valence-corrected chi connectivity index (χ3v) is 2.80. The van der Waals surface area contributed by atoms with Crippen LogP contribution in [0, 0.1) is 11.8 Å². The lowest BCUT2D eigenvalue weighted by Gasteiger charge is -2.44. The summed E-state index contributed by atoms with van der Waals surface area (Å²) < 4.78 is 4.69. The highest BCUT2D eigenvalue weighted by Gasteiger charge is 2.60. The van der Waals surface area contributed by atoms with E-state index in [1.165, 1.54) is 6.92 Å². The molecule has 0 radical (unpaired) electrons. The molecule has 74 valence electrons. The fourth-order valence-electron chi connectivity index (χ4n) is 1.69. The average molecular weight is 186 g/mol. The highest BCUT2D eigenvalue weighted by atomic mass is 16.6. The fraction of sp³-hybridized carbons (Fsp3) is 0.778. The molecule has 0 unspecified atom stereocenters. The van der Waals surface area contributed by atoms with Crippen molar-refractivity contribution in [2.24, 2.45) is 11.8 Å². The molecule has 0 spiro atoms. The quantitative estimate of drug-likeness (QED) is 0.669. The second-order valence-electron chi connectivity index (χ2n) is 3.70. The molecule has 1 heterocycles. The zero-order valence-electron chi connectivity index (χ0n) is 8.03. The van der Waals surface area contributed by atoms with Crippen molar-refractivity contribution in [2.45, 2.75) is 32.8 Å². The van der Waals surface area contributed by atoms with E-state index < -0.39 is 17.5 Å². The van der Waals surface area contributed by atoms with Crippen LogP contribution in [-0.2, 0) is 14.3 Å². The van der Waals surface area contributed by atoms with Crippen LogP contribution in [0.15, 0.2) is 0 Å². The Morgan fingerprint density at radius 1 is 1.77 bits per heavy atom. The van der Waals surface area contributed by atoms with E-state index in [9.17, 15) is 9.59 Å². The molecule has 0 amide bonds. The van der Waals surface area contributed by atoms with Gasteiger partial charge in [0.2, 0.25) is 5.60 Å². The number of cyclic esters (lactones) is 1. The first-order valence-electron chi connectivity index (χ1n) is 4.39. The van der Waals surface area contributed by atoms with Crippen molar-refractivity contribution in [2.75, 3.05) is 0 Å². The number of esters is 1. The van der Waals surface area contributed by atoms with Crippen LogP contribution in [0.3, 0.4) is 0 Å². The Morgan fingerprint density at radius 2 is 2.31 bits per heavy atom. The van der Waals surface area contributed by atoms with E-state index in [1.807, 2.05) is 13.8 Å². The number of aliphatic carboxylic acids is 1. The molecule has 1 aliphatic heterocycles. The van der Waals surface area contributed by atoms with Crippen molar-refractivity contribution in [1.29, 1.82) is 0 Å².